The molecule has 0 bridgehead atoms. The van der Waals surface area contributed by atoms with Gasteiger partial charge in [0.25, 0.3) is 0 Å². The number of nitrogens with one attached hydrogen (secondary N) is 1. The number of nitrogens with two attached hydrogens (primary N) is 1. The molecule has 0 aromatic carbocycles. The van der Waals surface area contributed by atoms with E-state index < -0.39 is 0 Å². The van der Waals surface area contributed by atoms with Crippen molar-refractivity contribution in [3.63, 3.8) is 0 Å². The zero-order valence-electron chi connectivity index (χ0n) is 10.3. The molecule has 1 fully saturated rings. The average Bonchev–Trinajstić information content (AvgIpc) is 2.99. The van der Waals surface area contributed by atoms with Crippen LogP contribution in [-0.4, -0.2) is 33.8 Å². The van der Waals surface area contributed by atoms with E-state index in [4.69, 9.17) is 5.73 Å². The van der Waals surface area contributed by atoms with Crippen LogP contribution in [0.4, 0.5) is 0 Å². The fraction of sp³-hybridized carbons (Fsp3) is 0.727. The number of hydrogen-bond acceptors (Lipinski definition) is 4. The van der Waals surface area contributed by atoms with E-state index in [0.717, 1.165) is 19.3 Å². The quantitative estimate of drug-likeness (QED) is 0.802. The number of nitrogens with zero attached hydrogens (tertiary/aromatic N) is 3. The second kappa shape index (κ2) is 7.33. The molecule has 2 atom stereocenters. The van der Waals surface area contributed by atoms with Crippen LogP contribution >= 0.6 is 12.4 Å². The van der Waals surface area contributed by atoms with Gasteiger partial charge in [-0.05, 0) is 25.3 Å². The lowest BCUT2D eigenvalue weighted by molar-refractivity contribution is -0.125. The SMILES string of the molecule is Cl.NC[C@H]1CCC[C@H]1C(=O)NCCn1cncn1. The van der Waals surface area contributed by atoms with Gasteiger partial charge in [-0.15, -0.1) is 12.4 Å². The molecule has 102 valence electrons. The van der Waals surface area contributed by atoms with Crippen LogP contribution in [0.2, 0.25) is 0 Å². The Bertz CT molecular complexity index is 356. The topological polar surface area (TPSA) is 85.8 Å². The molecule has 0 radical (unpaired) electrons. The molecule has 1 aliphatic rings. The lowest BCUT2D eigenvalue weighted by Gasteiger charge is -2.17. The molecule has 7 heteroatoms. The summed E-state index contributed by atoms with van der Waals surface area (Å²) in [7, 11) is 0. The third-order valence-electron chi connectivity index (χ3n) is 3.41. The number of halogens is 1. The van der Waals surface area contributed by atoms with Crippen molar-refractivity contribution in [2.24, 2.45) is 17.6 Å². The van der Waals surface area contributed by atoms with Crippen LogP contribution < -0.4 is 11.1 Å². The molecule has 1 saturated carbocycles. The number of hydrogen-bond donors (Lipinski definition) is 2. The zero-order valence-corrected chi connectivity index (χ0v) is 11.1. The summed E-state index contributed by atoms with van der Waals surface area (Å²) in [6, 6.07) is 0. The largest absolute Gasteiger partial charge is 0.354 e. The predicted octanol–water partition coefficient (Wildman–Crippen LogP) is 0.191. The van der Waals surface area contributed by atoms with Crippen LogP contribution in [0.25, 0.3) is 0 Å². The average molecular weight is 274 g/mol. The number of rotatable bonds is 5. The van der Waals surface area contributed by atoms with Crippen molar-refractivity contribution >= 4 is 18.3 Å². The maximum atomic E-state index is 11.9. The highest BCUT2D eigenvalue weighted by molar-refractivity contribution is 5.85. The molecule has 18 heavy (non-hydrogen) atoms. The van der Waals surface area contributed by atoms with E-state index >= 15 is 0 Å². The van der Waals surface area contributed by atoms with Gasteiger partial charge in [-0.2, -0.15) is 5.10 Å². The highest BCUT2D eigenvalue weighted by atomic mass is 35.5. The summed E-state index contributed by atoms with van der Waals surface area (Å²) in [6.07, 6.45) is 6.30. The van der Waals surface area contributed by atoms with E-state index in [2.05, 4.69) is 15.4 Å². The molecule has 1 aliphatic carbocycles. The predicted molar refractivity (Wildman–Crippen MR) is 70.2 cm³/mol. The first-order valence-corrected chi connectivity index (χ1v) is 6.11. The fourth-order valence-corrected chi connectivity index (χ4v) is 2.44. The Morgan fingerprint density at radius 1 is 1.50 bits per heavy atom. The molecule has 6 nitrogen and oxygen atoms in total. The smallest absolute Gasteiger partial charge is 0.223 e. The van der Waals surface area contributed by atoms with Crippen molar-refractivity contribution in [1.82, 2.24) is 20.1 Å². The van der Waals surface area contributed by atoms with Crippen molar-refractivity contribution < 1.29 is 4.79 Å². The Morgan fingerprint density at radius 2 is 2.33 bits per heavy atom. The molecular formula is C11H20ClN5O. The van der Waals surface area contributed by atoms with Gasteiger partial charge < -0.3 is 11.1 Å². The highest BCUT2D eigenvalue weighted by Crippen LogP contribution is 2.30. The minimum Gasteiger partial charge on any atom is -0.354 e. The maximum absolute atomic E-state index is 11.9. The Hall–Kier alpha value is -1.14. The Morgan fingerprint density at radius 3 is 3.00 bits per heavy atom. The standard InChI is InChI=1S/C11H19N5O.ClH/c12-6-9-2-1-3-10(9)11(17)14-4-5-16-8-13-7-15-16;/h7-10H,1-6,12H2,(H,14,17);1H/t9-,10-;/m1./s1. The molecule has 0 spiro atoms. The van der Waals surface area contributed by atoms with Crippen LogP contribution in [0.5, 0.6) is 0 Å². The van der Waals surface area contributed by atoms with Gasteiger partial charge in [0.05, 0.1) is 6.54 Å². The fourth-order valence-electron chi connectivity index (χ4n) is 2.44. The lowest BCUT2D eigenvalue weighted by Crippen LogP contribution is -2.36. The molecule has 0 unspecified atom stereocenters. The Labute approximate surface area is 113 Å². The number of aromatic nitrogens is 3. The van der Waals surface area contributed by atoms with E-state index in [1.54, 1.807) is 11.0 Å². The van der Waals surface area contributed by atoms with Crippen molar-refractivity contribution in [2.45, 2.75) is 25.8 Å². The Balaban J connectivity index is 0.00000162. The minimum absolute atomic E-state index is 0. The van der Waals surface area contributed by atoms with Gasteiger partial charge in [0.15, 0.2) is 0 Å². The first-order valence-electron chi connectivity index (χ1n) is 6.11. The van der Waals surface area contributed by atoms with Gasteiger partial charge >= 0.3 is 0 Å². The first kappa shape index (κ1) is 14.9. The van der Waals surface area contributed by atoms with Crippen LogP contribution in [0.1, 0.15) is 19.3 Å². The van der Waals surface area contributed by atoms with E-state index in [1.807, 2.05) is 0 Å². The third kappa shape index (κ3) is 3.68. The van der Waals surface area contributed by atoms with E-state index in [0.29, 0.717) is 25.6 Å². The van der Waals surface area contributed by atoms with Crippen molar-refractivity contribution in [1.29, 1.82) is 0 Å². The van der Waals surface area contributed by atoms with Crippen molar-refractivity contribution in [2.75, 3.05) is 13.1 Å². The summed E-state index contributed by atoms with van der Waals surface area (Å²) in [4.78, 5) is 15.8. The summed E-state index contributed by atoms with van der Waals surface area (Å²) in [5.74, 6) is 0.607. The van der Waals surface area contributed by atoms with E-state index in [9.17, 15) is 4.79 Å². The van der Waals surface area contributed by atoms with Gasteiger partial charge in [0.2, 0.25) is 5.91 Å². The summed E-state index contributed by atoms with van der Waals surface area (Å²) < 4.78 is 1.70. The Kier molecular flexibility index (Phi) is 6.07. The molecule has 1 aromatic heterocycles. The van der Waals surface area contributed by atoms with Gasteiger partial charge in [-0.3, -0.25) is 9.48 Å². The number of carbonyl (C=O) groups excluding carboxylic acids is 1. The van der Waals surface area contributed by atoms with Crippen LogP contribution in [0, 0.1) is 11.8 Å². The molecular weight excluding hydrogens is 254 g/mol. The number of carbonyl (C=O) groups is 1. The molecule has 0 aliphatic heterocycles. The van der Waals surface area contributed by atoms with Crippen LogP contribution in [0.15, 0.2) is 12.7 Å². The van der Waals surface area contributed by atoms with Gasteiger partial charge in [-0.25, -0.2) is 4.98 Å². The second-order valence-electron chi connectivity index (χ2n) is 4.48. The molecule has 1 heterocycles. The van der Waals surface area contributed by atoms with Gasteiger partial charge in [-0.1, -0.05) is 6.42 Å². The molecule has 3 N–H and O–H groups in total. The van der Waals surface area contributed by atoms with E-state index in [-0.39, 0.29) is 24.2 Å². The zero-order chi connectivity index (χ0) is 12.1. The van der Waals surface area contributed by atoms with Crippen LogP contribution in [-0.2, 0) is 11.3 Å². The van der Waals surface area contributed by atoms with Gasteiger partial charge in [0.1, 0.15) is 12.7 Å². The summed E-state index contributed by atoms with van der Waals surface area (Å²) >= 11 is 0. The summed E-state index contributed by atoms with van der Waals surface area (Å²) in [6.45, 7) is 1.86. The highest BCUT2D eigenvalue weighted by Gasteiger charge is 2.31. The van der Waals surface area contributed by atoms with Crippen molar-refractivity contribution in [3.05, 3.63) is 12.7 Å². The maximum Gasteiger partial charge on any atom is 0.223 e. The molecule has 2 rings (SSSR count). The summed E-state index contributed by atoms with van der Waals surface area (Å²) in [5, 5.41) is 6.92. The normalized spacial score (nSPS) is 22.5. The van der Waals surface area contributed by atoms with Crippen LogP contribution in [0.3, 0.4) is 0 Å². The minimum atomic E-state index is 0. The monoisotopic (exact) mass is 273 g/mol. The van der Waals surface area contributed by atoms with E-state index in [1.165, 1.54) is 6.33 Å². The first-order chi connectivity index (χ1) is 8.31. The molecule has 1 amide bonds. The third-order valence-corrected chi connectivity index (χ3v) is 3.41. The number of amides is 1. The van der Waals surface area contributed by atoms with Crippen molar-refractivity contribution in [3.8, 4) is 0 Å². The second-order valence-corrected chi connectivity index (χ2v) is 4.48. The lowest BCUT2D eigenvalue weighted by atomic mass is 9.95. The molecule has 1 aromatic rings. The van der Waals surface area contributed by atoms with Gasteiger partial charge in [0, 0.05) is 12.5 Å². The molecule has 0 saturated heterocycles. The summed E-state index contributed by atoms with van der Waals surface area (Å²) in [5.41, 5.74) is 5.67.